The van der Waals surface area contributed by atoms with Gasteiger partial charge >= 0.3 is 5.97 Å². The van der Waals surface area contributed by atoms with E-state index in [4.69, 9.17) is 5.11 Å². The van der Waals surface area contributed by atoms with Crippen molar-refractivity contribution in [3.8, 4) is 0 Å². The lowest BCUT2D eigenvalue weighted by Crippen LogP contribution is -2.39. The zero-order chi connectivity index (χ0) is 14.3. The third-order valence-electron chi connectivity index (χ3n) is 3.42. The molecule has 1 fully saturated rings. The molecule has 2 aromatic rings. The van der Waals surface area contributed by atoms with E-state index in [1.165, 1.54) is 12.1 Å². The number of nitrogens with zero attached hydrogens (tertiary/aromatic N) is 1. The molecule has 0 bridgehead atoms. The van der Waals surface area contributed by atoms with Crippen LogP contribution in [0.2, 0.25) is 0 Å². The molecule has 1 saturated heterocycles. The van der Waals surface area contributed by atoms with Gasteiger partial charge in [0, 0.05) is 11.8 Å². The standard InChI is InChI=1S/C13H11N3O4/c17-10-4-3-8(12(18)14-10)11-7-2-1-6(13(19)20)5-9(7)15-16-11/h1-2,5,8H,3-4H2,(H,15,16)(H,19,20)(H,14,17,18). The summed E-state index contributed by atoms with van der Waals surface area (Å²) in [6, 6.07) is 4.54. The van der Waals surface area contributed by atoms with Crippen molar-refractivity contribution < 1.29 is 19.5 Å². The fourth-order valence-electron chi connectivity index (χ4n) is 2.40. The number of amides is 2. The average Bonchev–Trinajstić information content (AvgIpc) is 2.81. The number of nitrogens with one attached hydrogen (secondary N) is 2. The van der Waals surface area contributed by atoms with E-state index < -0.39 is 11.9 Å². The van der Waals surface area contributed by atoms with Gasteiger partial charge in [-0.1, -0.05) is 6.07 Å². The number of imide groups is 1. The van der Waals surface area contributed by atoms with Gasteiger partial charge in [0.2, 0.25) is 11.8 Å². The summed E-state index contributed by atoms with van der Waals surface area (Å²) >= 11 is 0. The van der Waals surface area contributed by atoms with Gasteiger partial charge in [-0.05, 0) is 18.6 Å². The first kappa shape index (κ1) is 12.3. The Labute approximate surface area is 113 Å². The molecule has 0 spiro atoms. The molecule has 0 saturated carbocycles. The second kappa shape index (κ2) is 4.44. The number of benzene rings is 1. The van der Waals surface area contributed by atoms with Gasteiger partial charge < -0.3 is 5.11 Å². The molecule has 2 heterocycles. The highest BCUT2D eigenvalue weighted by atomic mass is 16.4. The van der Waals surface area contributed by atoms with Crippen molar-refractivity contribution in [2.45, 2.75) is 18.8 Å². The maximum absolute atomic E-state index is 11.8. The van der Waals surface area contributed by atoms with Gasteiger partial charge in [0.25, 0.3) is 0 Å². The summed E-state index contributed by atoms with van der Waals surface area (Å²) in [4.78, 5) is 33.9. The molecular formula is C13H11N3O4. The van der Waals surface area contributed by atoms with Crippen LogP contribution in [0, 0.1) is 0 Å². The van der Waals surface area contributed by atoms with Crippen molar-refractivity contribution in [3.63, 3.8) is 0 Å². The molecule has 0 aliphatic carbocycles. The van der Waals surface area contributed by atoms with Crippen LogP contribution in [0.3, 0.4) is 0 Å². The Morgan fingerprint density at radius 1 is 1.35 bits per heavy atom. The van der Waals surface area contributed by atoms with E-state index in [0.29, 0.717) is 23.0 Å². The van der Waals surface area contributed by atoms with Crippen LogP contribution in [0.1, 0.15) is 34.8 Å². The van der Waals surface area contributed by atoms with Crippen LogP contribution in [0.4, 0.5) is 0 Å². The van der Waals surface area contributed by atoms with Crippen molar-refractivity contribution in [2.75, 3.05) is 0 Å². The van der Waals surface area contributed by atoms with Gasteiger partial charge in [0.1, 0.15) is 0 Å². The quantitative estimate of drug-likeness (QED) is 0.700. The molecule has 7 heteroatoms. The number of carbonyl (C=O) groups excluding carboxylic acids is 2. The number of carboxylic acids is 1. The van der Waals surface area contributed by atoms with Gasteiger partial charge in [-0.2, -0.15) is 5.10 Å². The molecule has 7 nitrogen and oxygen atoms in total. The summed E-state index contributed by atoms with van der Waals surface area (Å²) in [7, 11) is 0. The van der Waals surface area contributed by atoms with Gasteiger partial charge in [0.05, 0.1) is 22.7 Å². The second-order valence-corrected chi connectivity index (χ2v) is 4.68. The molecule has 3 rings (SSSR count). The highest BCUT2D eigenvalue weighted by Crippen LogP contribution is 2.29. The lowest BCUT2D eigenvalue weighted by molar-refractivity contribution is -0.134. The van der Waals surface area contributed by atoms with Gasteiger partial charge in [-0.25, -0.2) is 4.79 Å². The largest absolute Gasteiger partial charge is 0.478 e. The number of hydrogen-bond donors (Lipinski definition) is 3. The first-order valence-electron chi connectivity index (χ1n) is 6.11. The van der Waals surface area contributed by atoms with Crippen LogP contribution >= 0.6 is 0 Å². The lowest BCUT2D eigenvalue weighted by Gasteiger charge is -2.19. The van der Waals surface area contributed by atoms with Gasteiger partial charge in [-0.3, -0.25) is 20.0 Å². The molecule has 3 N–H and O–H groups in total. The van der Waals surface area contributed by atoms with E-state index in [1.807, 2.05) is 0 Å². The van der Waals surface area contributed by atoms with Crippen LogP contribution in [-0.2, 0) is 9.59 Å². The SMILES string of the molecule is O=C1CCC(c2[nH]nc3cc(C(=O)O)ccc23)C(=O)N1. The summed E-state index contributed by atoms with van der Waals surface area (Å²) < 4.78 is 0. The predicted molar refractivity (Wildman–Crippen MR) is 68.2 cm³/mol. The van der Waals surface area contributed by atoms with Crippen molar-refractivity contribution in [2.24, 2.45) is 0 Å². The minimum Gasteiger partial charge on any atom is -0.478 e. The van der Waals surface area contributed by atoms with E-state index >= 15 is 0 Å². The lowest BCUT2D eigenvalue weighted by atomic mass is 9.92. The first-order chi connectivity index (χ1) is 9.56. The monoisotopic (exact) mass is 273 g/mol. The molecule has 20 heavy (non-hydrogen) atoms. The third-order valence-corrected chi connectivity index (χ3v) is 3.42. The van der Waals surface area contributed by atoms with Crippen molar-refractivity contribution in [1.29, 1.82) is 0 Å². The smallest absolute Gasteiger partial charge is 0.335 e. The van der Waals surface area contributed by atoms with E-state index in [-0.39, 0.29) is 23.8 Å². The van der Waals surface area contributed by atoms with Crippen LogP contribution in [0.15, 0.2) is 18.2 Å². The Morgan fingerprint density at radius 3 is 2.85 bits per heavy atom. The van der Waals surface area contributed by atoms with Crippen molar-refractivity contribution in [1.82, 2.24) is 15.5 Å². The third kappa shape index (κ3) is 1.93. The molecule has 102 valence electrons. The number of fused-ring (bicyclic) bond motifs is 1. The fourth-order valence-corrected chi connectivity index (χ4v) is 2.40. The predicted octanol–water partition coefficient (Wildman–Crippen LogP) is 0.781. The van der Waals surface area contributed by atoms with E-state index in [2.05, 4.69) is 15.5 Å². The average molecular weight is 273 g/mol. The number of rotatable bonds is 2. The van der Waals surface area contributed by atoms with E-state index in [0.717, 1.165) is 0 Å². The molecule has 1 aromatic carbocycles. The molecule has 0 radical (unpaired) electrons. The highest BCUT2D eigenvalue weighted by molar-refractivity contribution is 6.03. The van der Waals surface area contributed by atoms with Gasteiger partial charge in [0.15, 0.2) is 0 Å². The molecule has 1 unspecified atom stereocenters. The summed E-state index contributed by atoms with van der Waals surface area (Å²) in [6.07, 6.45) is 0.701. The van der Waals surface area contributed by atoms with Crippen LogP contribution < -0.4 is 5.32 Å². The van der Waals surface area contributed by atoms with Crippen molar-refractivity contribution >= 4 is 28.7 Å². The first-order valence-corrected chi connectivity index (χ1v) is 6.11. The minimum absolute atomic E-state index is 0.138. The molecule has 1 aliphatic heterocycles. The Morgan fingerprint density at radius 2 is 2.15 bits per heavy atom. The number of aromatic amines is 1. The molecule has 1 aromatic heterocycles. The summed E-state index contributed by atoms with van der Waals surface area (Å²) in [5.41, 5.74) is 1.24. The zero-order valence-corrected chi connectivity index (χ0v) is 10.3. The Kier molecular flexibility index (Phi) is 2.74. The Balaban J connectivity index is 2.02. The highest BCUT2D eigenvalue weighted by Gasteiger charge is 2.30. The number of carboxylic acid groups (broad SMARTS) is 1. The molecular weight excluding hydrogens is 262 g/mol. The topological polar surface area (TPSA) is 112 Å². The maximum Gasteiger partial charge on any atom is 0.335 e. The maximum atomic E-state index is 11.8. The van der Waals surface area contributed by atoms with Gasteiger partial charge in [-0.15, -0.1) is 0 Å². The minimum atomic E-state index is -1.03. The summed E-state index contributed by atoms with van der Waals surface area (Å²) in [5, 5.41) is 18.7. The van der Waals surface area contributed by atoms with Crippen molar-refractivity contribution in [3.05, 3.63) is 29.5 Å². The molecule has 1 atom stereocenters. The number of carbonyl (C=O) groups is 3. The summed E-state index contributed by atoms with van der Waals surface area (Å²) in [5.74, 6) is -2.12. The number of aromatic nitrogens is 2. The number of H-pyrrole nitrogens is 1. The second-order valence-electron chi connectivity index (χ2n) is 4.68. The van der Waals surface area contributed by atoms with Crippen LogP contribution in [0.25, 0.3) is 10.9 Å². The van der Waals surface area contributed by atoms with Crippen LogP contribution in [-0.4, -0.2) is 33.1 Å². The molecule has 2 amide bonds. The summed E-state index contributed by atoms with van der Waals surface area (Å²) in [6.45, 7) is 0. The Hall–Kier alpha value is -2.70. The number of hydrogen-bond acceptors (Lipinski definition) is 4. The zero-order valence-electron chi connectivity index (χ0n) is 10.3. The Bertz CT molecular complexity index is 734. The molecule has 1 aliphatic rings. The van der Waals surface area contributed by atoms with E-state index in [9.17, 15) is 14.4 Å². The fraction of sp³-hybridized carbons (Fsp3) is 0.231. The number of piperidine rings is 1. The normalized spacial score (nSPS) is 19.1. The number of aromatic carboxylic acids is 1. The van der Waals surface area contributed by atoms with E-state index in [1.54, 1.807) is 6.07 Å². The van der Waals surface area contributed by atoms with Crippen LogP contribution in [0.5, 0.6) is 0 Å².